The Morgan fingerprint density at radius 1 is 1.13 bits per heavy atom. The first-order chi connectivity index (χ1) is 14.5. The predicted molar refractivity (Wildman–Crippen MR) is 118 cm³/mol. The van der Waals surface area contributed by atoms with Gasteiger partial charge in [-0.1, -0.05) is 48.5 Å². The maximum absolute atomic E-state index is 11.4. The van der Waals surface area contributed by atoms with Gasteiger partial charge in [-0.15, -0.1) is 11.3 Å². The Kier molecular flexibility index (Phi) is 6.18. The molecular weight excluding hydrogens is 398 g/mol. The highest BCUT2D eigenvalue weighted by Crippen LogP contribution is 2.30. The highest BCUT2D eigenvalue weighted by Gasteiger charge is 2.35. The molecular formula is C24H25NO4S. The lowest BCUT2D eigenvalue weighted by Crippen LogP contribution is -2.35. The molecule has 156 valence electrons. The summed E-state index contributed by atoms with van der Waals surface area (Å²) in [7, 11) is 0. The maximum Gasteiger partial charge on any atom is 0.321 e. The summed E-state index contributed by atoms with van der Waals surface area (Å²) in [5.74, 6) is -0.881. The molecule has 1 aliphatic heterocycles. The topological polar surface area (TPSA) is 70.0 Å². The minimum atomic E-state index is -0.881. The molecule has 1 fully saturated rings. The molecule has 30 heavy (non-hydrogen) atoms. The van der Waals surface area contributed by atoms with Crippen molar-refractivity contribution in [2.75, 3.05) is 6.54 Å². The number of hydrogen-bond acceptors (Lipinski definition) is 5. The highest BCUT2D eigenvalue weighted by atomic mass is 32.1. The zero-order valence-electron chi connectivity index (χ0n) is 16.8. The number of aliphatic carboxylic acids is 1. The molecule has 6 heteroatoms. The third-order valence-corrected chi connectivity index (χ3v) is 6.55. The first-order valence-corrected chi connectivity index (χ1v) is 10.8. The fraction of sp³-hybridized carbons (Fsp3) is 0.292. The Morgan fingerprint density at radius 2 is 1.93 bits per heavy atom. The number of rotatable bonds is 7. The van der Waals surface area contributed by atoms with E-state index in [-0.39, 0.29) is 6.42 Å². The number of carboxylic acid groups (broad SMARTS) is 1. The Bertz CT molecular complexity index is 1020. The molecule has 2 atom stereocenters. The van der Waals surface area contributed by atoms with Crippen molar-refractivity contribution in [1.29, 1.82) is 0 Å². The molecule has 5 nitrogen and oxygen atoms in total. The van der Waals surface area contributed by atoms with E-state index in [4.69, 9.17) is 4.74 Å². The van der Waals surface area contributed by atoms with Crippen LogP contribution in [0.5, 0.6) is 5.06 Å². The molecule has 1 aromatic heterocycles. The third-order valence-electron chi connectivity index (χ3n) is 5.56. The van der Waals surface area contributed by atoms with E-state index < -0.39 is 18.1 Å². The van der Waals surface area contributed by atoms with Crippen molar-refractivity contribution in [3.63, 3.8) is 0 Å². The number of β-amino-alcohol motifs (C(OH)–C–C–N with tert-alkyl or cyclic N) is 1. The summed E-state index contributed by atoms with van der Waals surface area (Å²) in [5.41, 5.74) is 4.74. The summed E-state index contributed by atoms with van der Waals surface area (Å²) in [4.78, 5) is 14.2. The van der Waals surface area contributed by atoms with E-state index in [9.17, 15) is 15.0 Å². The number of nitrogens with zero attached hydrogens (tertiary/aromatic N) is 1. The van der Waals surface area contributed by atoms with Gasteiger partial charge in [-0.05, 0) is 41.3 Å². The predicted octanol–water partition coefficient (Wildman–Crippen LogP) is 4.32. The Labute approximate surface area is 180 Å². The largest absolute Gasteiger partial charge is 0.480 e. The van der Waals surface area contributed by atoms with Gasteiger partial charge in [0.1, 0.15) is 12.6 Å². The Morgan fingerprint density at radius 3 is 2.70 bits per heavy atom. The standard InChI is InChI=1S/C24H25NO4S/c1-16-18(8-5-9-21(16)17-6-3-2-4-7-17)15-29-23-11-10-20(30-23)14-25-13-19(26)12-22(25)24(27)28/h2-11,19,22,26H,12-15H2,1H3,(H,27,28)/t19-,22-/m1/s1. The molecule has 2 heterocycles. The second-order valence-corrected chi connectivity index (χ2v) is 8.77. The van der Waals surface area contributed by atoms with Crippen LogP contribution in [0.4, 0.5) is 0 Å². The van der Waals surface area contributed by atoms with Crippen LogP contribution >= 0.6 is 11.3 Å². The lowest BCUT2D eigenvalue weighted by atomic mass is 9.97. The maximum atomic E-state index is 11.4. The van der Waals surface area contributed by atoms with Crippen LogP contribution in [0.1, 0.15) is 22.4 Å². The van der Waals surface area contributed by atoms with Crippen LogP contribution in [0.2, 0.25) is 0 Å². The second kappa shape index (κ2) is 9.00. The van der Waals surface area contributed by atoms with E-state index in [0.29, 0.717) is 19.7 Å². The average molecular weight is 424 g/mol. The molecule has 0 spiro atoms. The summed E-state index contributed by atoms with van der Waals surface area (Å²) in [5, 5.41) is 20.0. The average Bonchev–Trinajstić information content (AvgIpc) is 3.34. The van der Waals surface area contributed by atoms with E-state index in [2.05, 4.69) is 37.3 Å². The first kappa shape index (κ1) is 20.6. The van der Waals surface area contributed by atoms with Gasteiger partial charge in [0.05, 0.1) is 6.10 Å². The number of aliphatic hydroxyl groups is 1. The molecule has 4 rings (SSSR count). The van der Waals surface area contributed by atoms with Crippen LogP contribution in [0.3, 0.4) is 0 Å². The van der Waals surface area contributed by atoms with Crippen LogP contribution in [0.15, 0.2) is 60.7 Å². The van der Waals surface area contributed by atoms with Gasteiger partial charge in [-0.3, -0.25) is 9.69 Å². The fourth-order valence-electron chi connectivity index (χ4n) is 3.95. The number of likely N-dealkylation sites (tertiary alicyclic amines) is 1. The van der Waals surface area contributed by atoms with Crippen molar-refractivity contribution in [2.24, 2.45) is 0 Å². The molecule has 0 aliphatic carbocycles. The highest BCUT2D eigenvalue weighted by molar-refractivity contribution is 7.13. The van der Waals surface area contributed by atoms with E-state index in [0.717, 1.165) is 15.5 Å². The second-order valence-electron chi connectivity index (χ2n) is 7.64. The zero-order chi connectivity index (χ0) is 21.1. The van der Waals surface area contributed by atoms with Gasteiger partial charge in [0.15, 0.2) is 5.06 Å². The minimum absolute atomic E-state index is 0.279. The van der Waals surface area contributed by atoms with Gasteiger partial charge in [-0.25, -0.2) is 0 Å². The number of carboxylic acids is 1. The van der Waals surface area contributed by atoms with E-state index in [1.807, 2.05) is 35.2 Å². The lowest BCUT2D eigenvalue weighted by molar-refractivity contribution is -0.142. The van der Waals surface area contributed by atoms with Crippen LogP contribution in [0, 0.1) is 6.92 Å². The normalized spacial score (nSPS) is 19.1. The summed E-state index contributed by atoms with van der Waals surface area (Å²) >= 11 is 1.52. The van der Waals surface area contributed by atoms with Gasteiger partial charge < -0.3 is 14.9 Å². The third kappa shape index (κ3) is 4.56. The van der Waals surface area contributed by atoms with Gasteiger partial charge >= 0.3 is 5.97 Å². The van der Waals surface area contributed by atoms with Gasteiger partial charge in [-0.2, -0.15) is 0 Å². The molecule has 0 bridgehead atoms. The van der Waals surface area contributed by atoms with Crippen LogP contribution in [-0.2, 0) is 17.9 Å². The van der Waals surface area contributed by atoms with Gasteiger partial charge in [0.25, 0.3) is 0 Å². The number of benzene rings is 2. The van der Waals surface area contributed by atoms with Gasteiger partial charge in [0.2, 0.25) is 0 Å². The van der Waals surface area contributed by atoms with E-state index in [1.165, 1.54) is 28.0 Å². The number of hydrogen-bond donors (Lipinski definition) is 2. The van der Waals surface area contributed by atoms with Crippen molar-refractivity contribution in [1.82, 2.24) is 4.90 Å². The molecule has 0 saturated carbocycles. The van der Waals surface area contributed by atoms with Gasteiger partial charge in [0, 0.05) is 24.4 Å². The molecule has 2 N–H and O–H groups in total. The number of thiophene rings is 1. The number of carbonyl (C=O) groups is 1. The molecule has 3 aromatic rings. The van der Waals surface area contributed by atoms with E-state index in [1.54, 1.807) is 0 Å². The summed E-state index contributed by atoms with van der Waals surface area (Å²) in [6, 6.07) is 19.8. The summed E-state index contributed by atoms with van der Waals surface area (Å²) < 4.78 is 6.04. The Hall–Kier alpha value is -2.67. The summed E-state index contributed by atoms with van der Waals surface area (Å²) in [6.45, 7) is 3.49. The van der Waals surface area contributed by atoms with Crippen LogP contribution in [-0.4, -0.2) is 39.8 Å². The minimum Gasteiger partial charge on any atom is -0.480 e. The van der Waals surface area contributed by atoms with E-state index >= 15 is 0 Å². The number of ether oxygens (including phenoxy) is 1. The molecule has 0 unspecified atom stereocenters. The van der Waals surface area contributed by atoms with Crippen LogP contribution in [0.25, 0.3) is 11.1 Å². The monoisotopic (exact) mass is 423 g/mol. The fourth-order valence-corrected chi connectivity index (χ4v) is 4.83. The molecule has 1 saturated heterocycles. The molecule has 1 aliphatic rings. The molecule has 0 amide bonds. The van der Waals surface area contributed by atoms with Crippen molar-refractivity contribution in [2.45, 2.75) is 38.6 Å². The smallest absolute Gasteiger partial charge is 0.321 e. The summed E-state index contributed by atoms with van der Waals surface area (Å²) in [6.07, 6.45) is -0.303. The van der Waals surface area contributed by atoms with Crippen molar-refractivity contribution < 1.29 is 19.7 Å². The SMILES string of the molecule is Cc1c(COc2ccc(CN3C[C@H](O)C[C@@H]3C(=O)O)s2)cccc1-c1ccccc1. The van der Waals surface area contributed by atoms with Crippen LogP contribution < -0.4 is 4.74 Å². The molecule has 0 radical (unpaired) electrons. The lowest BCUT2D eigenvalue weighted by Gasteiger charge is -2.19. The molecule has 2 aromatic carbocycles. The van der Waals surface area contributed by atoms with Crippen molar-refractivity contribution in [3.05, 3.63) is 76.7 Å². The number of aliphatic hydroxyl groups excluding tert-OH is 1. The Balaban J connectivity index is 1.41. The first-order valence-electron chi connectivity index (χ1n) is 10.0. The van der Waals surface area contributed by atoms with Crippen molar-refractivity contribution >= 4 is 17.3 Å². The van der Waals surface area contributed by atoms with Crippen molar-refractivity contribution in [3.8, 4) is 16.2 Å². The quantitative estimate of drug-likeness (QED) is 0.592. The zero-order valence-corrected chi connectivity index (χ0v) is 17.6.